The molecule has 1 atom stereocenters. The van der Waals surface area contributed by atoms with Gasteiger partial charge in [0.25, 0.3) is 0 Å². The quantitative estimate of drug-likeness (QED) is 0.672. The van der Waals surface area contributed by atoms with E-state index in [4.69, 9.17) is 4.98 Å². The topological polar surface area (TPSA) is 31.4 Å². The third-order valence-electron chi connectivity index (χ3n) is 3.33. The summed E-state index contributed by atoms with van der Waals surface area (Å²) < 4.78 is 0. The Morgan fingerprint density at radius 3 is 2.70 bits per heavy atom. The van der Waals surface area contributed by atoms with E-state index in [2.05, 4.69) is 55.4 Å². The molecule has 1 heterocycles. The molecule has 0 aromatic carbocycles. The lowest BCUT2D eigenvalue weighted by Crippen LogP contribution is -2.39. The van der Waals surface area contributed by atoms with Gasteiger partial charge in [-0.3, -0.25) is 4.90 Å². The van der Waals surface area contributed by atoms with Crippen molar-refractivity contribution in [2.75, 3.05) is 33.7 Å². The molecule has 0 aliphatic rings. The van der Waals surface area contributed by atoms with E-state index in [-0.39, 0.29) is 0 Å². The van der Waals surface area contributed by atoms with E-state index >= 15 is 0 Å². The number of hydrogen-bond acceptors (Lipinski definition) is 5. The van der Waals surface area contributed by atoms with Crippen LogP contribution in [0, 0.1) is 0 Å². The number of rotatable bonds is 10. The van der Waals surface area contributed by atoms with Crippen LogP contribution in [0.3, 0.4) is 0 Å². The molecule has 0 radical (unpaired) electrons. The Morgan fingerprint density at radius 1 is 1.35 bits per heavy atom. The van der Waals surface area contributed by atoms with E-state index in [1.165, 1.54) is 17.1 Å². The first-order chi connectivity index (χ1) is 9.56. The summed E-state index contributed by atoms with van der Waals surface area (Å²) in [5, 5.41) is 6.81. The number of thiazole rings is 1. The van der Waals surface area contributed by atoms with Gasteiger partial charge in [0, 0.05) is 31.1 Å². The first kappa shape index (κ1) is 17.6. The molecule has 0 fully saturated rings. The number of hydrogen-bond donors (Lipinski definition) is 1. The van der Waals surface area contributed by atoms with E-state index < -0.39 is 0 Å². The van der Waals surface area contributed by atoms with Gasteiger partial charge in [-0.25, -0.2) is 4.98 Å². The lowest BCUT2D eigenvalue weighted by atomic mass is 10.2. The highest BCUT2D eigenvalue weighted by Gasteiger charge is 2.14. The van der Waals surface area contributed by atoms with Crippen molar-refractivity contribution in [2.24, 2.45) is 0 Å². The zero-order valence-electron chi connectivity index (χ0n) is 13.6. The van der Waals surface area contributed by atoms with Crippen molar-refractivity contribution in [3.8, 4) is 0 Å². The Bertz CT molecular complexity index is 365. The Balaban J connectivity index is 2.48. The maximum absolute atomic E-state index is 4.73. The summed E-state index contributed by atoms with van der Waals surface area (Å²) in [6.45, 7) is 11.8. The van der Waals surface area contributed by atoms with E-state index in [9.17, 15) is 0 Å². The van der Waals surface area contributed by atoms with Crippen LogP contribution in [0.25, 0.3) is 0 Å². The Labute approximate surface area is 128 Å². The Morgan fingerprint density at radius 2 is 2.10 bits per heavy atom. The average Bonchev–Trinajstić information content (AvgIpc) is 2.83. The van der Waals surface area contributed by atoms with E-state index in [1.54, 1.807) is 11.3 Å². The summed E-state index contributed by atoms with van der Waals surface area (Å²) in [6.07, 6.45) is 1.17. The molecule has 0 saturated carbocycles. The van der Waals surface area contributed by atoms with Crippen molar-refractivity contribution >= 4 is 11.3 Å². The lowest BCUT2D eigenvalue weighted by Gasteiger charge is -2.29. The predicted octanol–water partition coefficient (Wildman–Crippen LogP) is 2.41. The number of likely N-dealkylation sites (N-methyl/N-ethyl adjacent to an activating group) is 2. The molecule has 1 rings (SSSR count). The van der Waals surface area contributed by atoms with E-state index in [0.717, 1.165) is 32.7 Å². The predicted molar refractivity (Wildman–Crippen MR) is 88.2 cm³/mol. The van der Waals surface area contributed by atoms with Gasteiger partial charge in [-0.1, -0.05) is 13.8 Å². The van der Waals surface area contributed by atoms with Crippen molar-refractivity contribution in [1.82, 2.24) is 20.1 Å². The van der Waals surface area contributed by atoms with Gasteiger partial charge in [0.2, 0.25) is 0 Å². The van der Waals surface area contributed by atoms with Gasteiger partial charge < -0.3 is 10.2 Å². The van der Waals surface area contributed by atoms with Gasteiger partial charge in [0.15, 0.2) is 0 Å². The van der Waals surface area contributed by atoms with Crippen LogP contribution in [-0.4, -0.2) is 54.6 Å². The second-order valence-corrected chi connectivity index (χ2v) is 6.53. The fraction of sp³-hybridized carbons (Fsp3) is 0.800. The van der Waals surface area contributed by atoms with Crippen molar-refractivity contribution in [2.45, 2.75) is 46.3 Å². The van der Waals surface area contributed by atoms with Crippen LogP contribution < -0.4 is 5.32 Å². The molecule has 0 aliphatic carbocycles. The molecule has 0 aliphatic heterocycles. The Hall–Kier alpha value is -0.490. The van der Waals surface area contributed by atoms with E-state index in [0.29, 0.717) is 6.04 Å². The zero-order chi connectivity index (χ0) is 15.0. The minimum Gasteiger partial charge on any atom is -0.310 e. The standard InChI is InChI=1S/C15H30N4S/c1-6-8-16-9-15-17-14(12-20-15)11-19(7-2)13(3)10-18(4)5/h12-13,16H,6-11H2,1-5H3. The van der Waals surface area contributed by atoms with Crippen LogP contribution in [0.4, 0.5) is 0 Å². The second-order valence-electron chi connectivity index (χ2n) is 5.58. The Kier molecular flexibility index (Phi) is 8.30. The molecule has 4 nitrogen and oxygen atoms in total. The molecule has 0 spiro atoms. The molecular formula is C15H30N4S. The number of nitrogens with zero attached hydrogens (tertiary/aromatic N) is 3. The van der Waals surface area contributed by atoms with Gasteiger partial charge >= 0.3 is 0 Å². The van der Waals surface area contributed by atoms with E-state index in [1.807, 2.05) is 0 Å². The minimum absolute atomic E-state index is 0.554. The van der Waals surface area contributed by atoms with Crippen LogP contribution in [0.15, 0.2) is 5.38 Å². The highest BCUT2D eigenvalue weighted by molar-refractivity contribution is 7.09. The van der Waals surface area contributed by atoms with Crippen LogP contribution >= 0.6 is 11.3 Å². The van der Waals surface area contributed by atoms with Gasteiger partial charge in [0.05, 0.1) is 5.69 Å². The fourth-order valence-electron chi connectivity index (χ4n) is 2.31. The molecule has 1 unspecified atom stereocenters. The maximum Gasteiger partial charge on any atom is 0.107 e. The third-order valence-corrected chi connectivity index (χ3v) is 4.22. The van der Waals surface area contributed by atoms with Crippen LogP contribution in [-0.2, 0) is 13.1 Å². The number of nitrogens with one attached hydrogen (secondary N) is 1. The maximum atomic E-state index is 4.73. The minimum atomic E-state index is 0.554. The van der Waals surface area contributed by atoms with Gasteiger partial charge in [-0.05, 0) is 40.5 Å². The third kappa shape index (κ3) is 6.31. The molecular weight excluding hydrogens is 268 g/mol. The largest absolute Gasteiger partial charge is 0.310 e. The summed E-state index contributed by atoms with van der Waals surface area (Å²) in [4.78, 5) is 9.46. The molecule has 20 heavy (non-hydrogen) atoms. The molecule has 0 bridgehead atoms. The summed E-state index contributed by atoms with van der Waals surface area (Å²) in [5.41, 5.74) is 1.20. The highest BCUT2D eigenvalue weighted by atomic mass is 32.1. The molecule has 116 valence electrons. The van der Waals surface area contributed by atoms with Gasteiger partial charge in [-0.15, -0.1) is 11.3 Å². The van der Waals surface area contributed by atoms with Crippen molar-refractivity contribution in [3.63, 3.8) is 0 Å². The lowest BCUT2D eigenvalue weighted by molar-refractivity contribution is 0.172. The molecule has 1 N–H and O–H groups in total. The smallest absolute Gasteiger partial charge is 0.107 e. The normalized spacial score (nSPS) is 13.3. The average molecular weight is 298 g/mol. The monoisotopic (exact) mass is 298 g/mol. The number of aromatic nitrogens is 1. The molecule has 1 aromatic heterocycles. The fourth-order valence-corrected chi connectivity index (χ4v) is 3.06. The molecule has 1 aromatic rings. The van der Waals surface area contributed by atoms with Crippen LogP contribution in [0.2, 0.25) is 0 Å². The highest BCUT2D eigenvalue weighted by Crippen LogP contribution is 2.13. The van der Waals surface area contributed by atoms with Crippen molar-refractivity contribution < 1.29 is 0 Å². The van der Waals surface area contributed by atoms with Crippen molar-refractivity contribution in [1.29, 1.82) is 0 Å². The molecule has 0 amide bonds. The first-order valence-electron chi connectivity index (χ1n) is 7.59. The molecule has 0 saturated heterocycles. The second kappa shape index (κ2) is 9.45. The van der Waals surface area contributed by atoms with Gasteiger partial charge in [-0.2, -0.15) is 0 Å². The summed E-state index contributed by atoms with van der Waals surface area (Å²) >= 11 is 1.77. The van der Waals surface area contributed by atoms with Gasteiger partial charge in [0.1, 0.15) is 5.01 Å². The SMILES string of the molecule is CCCNCc1nc(CN(CC)C(C)CN(C)C)cs1. The zero-order valence-corrected chi connectivity index (χ0v) is 14.5. The summed E-state index contributed by atoms with van der Waals surface area (Å²) in [7, 11) is 4.26. The molecule has 5 heteroatoms. The summed E-state index contributed by atoms with van der Waals surface area (Å²) in [5.74, 6) is 0. The van der Waals surface area contributed by atoms with Crippen molar-refractivity contribution in [3.05, 3.63) is 16.1 Å². The van der Waals surface area contributed by atoms with Crippen LogP contribution in [0.1, 0.15) is 37.9 Å². The van der Waals surface area contributed by atoms with Crippen LogP contribution in [0.5, 0.6) is 0 Å². The summed E-state index contributed by atoms with van der Waals surface area (Å²) in [6, 6.07) is 0.554. The first-order valence-corrected chi connectivity index (χ1v) is 8.47.